The zero-order valence-corrected chi connectivity index (χ0v) is 24.9. The molecule has 6 aromatic carbocycles. The van der Waals surface area contributed by atoms with Gasteiger partial charge in [0.25, 0.3) is 0 Å². The van der Waals surface area contributed by atoms with Crippen molar-refractivity contribution in [3.05, 3.63) is 155 Å². The second-order valence-electron chi connectivity index (χ2n) is 11.5. The van der Waals surface area contributed by atoms with E-state index in [0.29, 0.717) is 11.1 Å². The first kappa shape index (κ1) is 27.4. The third kappa shape index (κ3) is 5.19. The molecule has 0 aromatic heterocycles. The standard InChI is InChI=1S/C41H35F/c1-26-6-16-31(17-7-26)36-37(32-18-8-27(2)9-19-32)39(34-22-12-29(4)13-23-34)41(42)40(35-24-14-30(5)15-25-35)38(36)33-20-10-28(3)11-21-33/h6-25H,1-5H3. The summed E-state index contributed by atoms with van der Waals surface area (Å²) in [5, 5.41) is 0. The van der Waals surface area contributed by atoms with Crippen LogP contribution in [0.25, 0.3) is 55.6 Å². The Bertz CT molecular complexity index is 1740. The van der Waals surface area contributed by atoms with E-state index < -0.39 is 0 Å². The maximum absolute atomic E-state index is 17.7. The van der Waals surface area contributed by atoms with E-state index in [0.717, 1.165) is 55.6 Å². The molecule has 42 heavy (non-hydrogen) atoms. The van der Waals surface area contributed by atoms with Crippen LogP contribution in [0, 0.1) is 40.4 Å². The molecule has 0 nitrogen and oxygen atoms in total. The summed E-state index contributed by atoms with van der Waals surface area (Å²) in [7, 11) is 0. The third-order valence-electron chi connectivity index (χ3n) is 8.14. The fraction of sp³-hybridized carbons (Fsp3) is 0.122. The van der Waals surface area contributed by atoms with Crippen molar-refractivity contribution < 1.29 is 4.39 Å². The first-order chi connectivity index (χ1) is 20.3. The molecule has 6 aromatic rings. The van der Waals surface area contributed by atoms with E-state index >= 15 is 4.39 Å². The maximum atomic E-state index is 17.7. The highest BCUT2D eigenvalue weighted by molar-refractivity contribution is 6.07. The van der Waals surface area contributed by atoms with Gasteiger partial charge in [-0.2, -0.15) is 0 Å². The highest BCUT2D eigenvalue weighted by Crippen LogP contribution is 2.52. The van der Waals surface area contributed by atoms with Crippen LogP contribution in [0.15, 0.2) is 121 Å². The molecule has 0 bridgehead atoms. The molecular weight excluding hydrogens is 511 g/mol. The zero-order valence-electron chi connectivity index (χ0n) is 24.9. The number of rotatable bonds is 5. The smallest absolute Gasteiger partial charge is 0.140 e. The Hall–Kier alpha value is -4.75. The minimum absolute atomic E-state index is 0.204. The number of benzene rings is 6. The Balaban J connectivity index is 1.87. The lowest BCUT2D eigenvalue weighted by Crippen LogP contribution is -2.02. The minimum Gasteiger partial charge on any atom is -0.206 e. The summed E-state index contributed by atoms with van der Waals surface area (Å²) in [5.41, 5.74) is 14.7. The van der Waals surface area contributed by atoms with Gasteiger partial charge in [-0.25, -0.2) is 4.39 Å². The molecule has 0 spiro atoms. The van der Waals surface area contributed by atoms with Crippen LogP contribution in [0.1, 0.15) is 27.8 Å². The maximum Gasteiger partial charge on any atom is 0.140 e. The Labute approximate surface area is 249 Å². The Kier molecular flexibility index (Phi) is 7.35. The Morgan fingerprint density at radius 3 is 0.643 bits per heavy atom. The summed E-state index contributed by atoms with van der Waals surface area (Å²) in [6.07, 6.45) is 0. The average molecular weight is 547 g/mol. The molecule has 0 aliphatic rings. The molecular formula is C41H35F. The predicted octanol–water partition coefficient (Wildman–Crippen LogP) is 11.7. The lowest BCUT2D eigenvalue weighted by Gasteiger charge is -2.26. The fourth-order valence-corrected chi connectivity index (χ4v) is 5.73. The number of hydrogen-bond acceptors (Lipinski definition) is 0. The third-order valence-corrected chi connectivity index (χ3v) is 8.14. The highest BCUT2D eigenvalue weighted by atomic mass is 19.1. The van der Waals surface area contributed by atoms with Gasteiger partial charge in [-0.15, -0.1) is 0 Å². The topological polar surface area (TPSA) is 0 Å². The quantitative estimate of drug-likeness (QED) is 0.202. The van der Waals surface area contributed by atoms with Crippen LogP contribution in [0.4, 0.5) is 4.39 Å². The molecule has 0 unspecified atom stereocenters. The Morgan fingerprint density at radius 1 is 0.262 bits per heavy atom. The van der Waals surface area contributed by atoms with Crippen LogP contribution in [-0.2, 0) is 0 Å². The molecule has 6 rings (SSSR count). The number of hydrogen-bond donors (Lipinski definition) is 0. The van der Waals surface area contributed by atoms with Gasteiger partial charge >= 0.3 is 0 Å². The van der Waals surface area contributed by atoms with Crippen molar-refractivity contribution in [1.29, 1.82) is 0 Å². The van der Waals surface area contributed by atoms with Gasteiger partial charge in [0.05, 0.1) is 0 Å². The van der Waals surface area contributed by atoms with E-state index in [1.54, 1.807) is 0 Å². The van der Waals surface area contributed by atoms with Crippen LogP contribution in [0.5, 0.6) is 0 Å². The second kappa shape index (κ2) is 11.3. The van der Waals surface area contributed by atoms with Crippen molar-refractivity contribution in [2.75, 3.05) is 0 Å². The molecule has 0 atom stereocenters. The van der Waals surface area contributed by atoms with Crippen molar-refractivity contribution in [1.82, 2.24) is 0 Å². The second-order valence-corrected chi connectivity index (χ2v) is 11.5. The summed E-state index contributed by atoms with van der Waals surface area (Å²) in [6.45, 7) is 10.4. The lowest BCUT2D eigenvalue weighted by molar-refractivity contribution is 0.635. The summed E-state index contributed by atoms with van der Waals surface area (Å²) >= 11 is 0. The molecule has 0 saturated heterocycles. The van der Waals surface area contributed by atoms with Crippen molar-refractivity contribution in [3.8, 4) is 55.6 Å². The summed E-state index contributed by atoms with van der Waals surface area (Å²) in [4.78, 5) is 0. The molecule has 0 saturated carbocycles. The molecule has 0 N–H and O–H groups in total. The van der Waals surface area contributed by atoms with E-state index in [1.807, 2.05) is 0 Å². The first-order valence-electron chi connectivity index (χ1n) is 14.5. The lowest BCUT2D eigenvalue weighted by atomic mass is 9.78. The van der Waals surface area contributed by atoms with E-state index in [4.69, 9.17) is 0 Å². The van der Waals surface area contributed by atoms with Crippen molar-refractivity contribution in [3.63, 3.8) is 0 Å². The number of halogens is 1. The molecule has 206 valence electrons. The molecule has 0 fully saturated rings. The normalized spacial score (nSPS) is 11.1. The molecule has 0 amide bonds. The highest BCUT2D eigenvalue weighted by Gasteiger charge is 2.28. The first-order valence-corrected chi connectivity index (χ1v) is 14.5. The van der Waals surface area contributed by atoms with E-state index in [1.165, 1.54) is 16.7 Å². The molecule has 0 aliphatic carbocycles. The van der Waals surface area contributed by atoms with E-state index in [2.05, 4.69) is 156 Å². The van der Waals surface area contributed by atoms with Crippen LogP contribution < -0.4 is 0 Å². The average Bonchev–Trinajstić information content (AvgIpc) is 2.99. The monoisotopic (exact) mass is 546 g/mol. The Morgan fingerprint density at radius 2 is 0.429 bits per heavy atom. The molecule has 0 heterocycles. The number of aryl methyl sites for hydroxylation is 5. The summed E-state index contributed by atoms with van der Waals surface area (Å²) in [5.74, 6) is -0.204. The van der Waals surface area contributed by atoms with Gasteiger partial charge < -0.3 is 0 Å². The van der Waals surface area contributed by atoms with Gasteiger partial charge in [-0.1, -0.05) is 149 Å². The largest absolute Gasteiger partial charge is 0.206 e. The van der Waals surface area contributed by atoms with Crippen LogP contribution in [0.2, 0.25) is 0 Å². The van der Waals surface area contributed by atoms with Crippen molar-refractivity contribution in [2.24, 2.45) is 0 Å². The summed E-state index contributed by atoms with van der Waals surface area (Å²) < 4.78 is 17.7. The SMILES string of the molecule is Cc1ccc(-c2c(F)c(-c3ccc(C)cc3)c(-c3ccc(C)cc3)c(-c3ccc(C)cc3)c2-c2ccc(C)cc2)cc1. The fourth-order valence-electron chi connectivity index (χ4n) is 5.73. The van der Waals surface area contributed by atoms with E-state index in [9.17, 15) is 0 Å². The summed E-state index contributed by atoms with van der Waals surface area (Å²) in [6, 6.07) is 42.1. The predicted molar refractivity (Wildman–Crippen MR) is 177 cm³/mol. The van der Waals surface area contributed by atoms with Gasteiger partial charge in [-0.3, -0.25) is 0 Å². The minimum atomic E-state index is -0.204. The van der Waals surface area contributed by atoms with Gasteiger partial charge in [0.1, 0.15) is 5.82 Å². The van der Waals surface area contributed by atoms with E-state index in [-0.39, 0.29) is 5.82 Å². The molecule has 0 aliphatic heterocycles. The van der Waals surface area contributed by atoms with Gasteiger partial charge in [-0.05, 0) is 68.0 Å². The van der Waals surface area contributed by atoms with Crippen molar-refractivity contribution in [2.45, 2.75) is 34.6 Å². The molecule has 1 heteroatoms. The van der Waals surface area contributed by atoms with Gasteiger partial charge in [0.15, 0.2) is 0 Å². The van der Waals surface area contributed by atoms with Crippen molar-refractivity contribution >= 4 is 0 Å². The van der Waals surface area contributed by atoms with Crippen LogP contribution in [-0.4, -0.2) is 0 Å². The van der Waals surface area contributed by atoms with Crippen LogP contribution >= 0.6 is 0 Å². The van der Waals surface area contributed by atoms with Gasteiger partial charge in [0, 0.05) is 22.3 Å². The zero-order chi connectivity index (χ0) is 29.4. The molecule has 0 radical (unpaired) electrons. The van der Waals surface area contributed by atoms with Gasteiger partial charge in [0.2, 0.25) is 0 Å². The van der Waals surface area contributed by atoms with Crippen LogP contribution in [0.3, 0.4) is 0 Å².